The summed E-state index contributed by atoms with van der Waals surface area (Å²) in [4.78, 5) is 11.1. The Hall–Kier alpha value is -2.15. The summed E-state index contributed by atoms with van der Waals surface area (Å²) < 4.78 is 66.7. The van der Waals surface area contributed by atoms with Crippen molar-refractivity contribution < 1.29 is 36.0 Å². The first-order valence-electron chi connectivity index (χ1n) is 4.47. The molecule has 0 radical (unpaired) electrons. The summed E-state index contributed by atoms with van der Waals surface area (Å²) in [6, 6.07) is 0. The molecule has 0 aliphatic heterocycles. The standard InChI is InChI=1S/C7H6F3N3O6S/c1-18-3-2-12-6(19-7(8,9)10)4(13(14)15)5(3)20(11,16)17/h2H,1H3,(H2,11,16,17). The fourth-order valence-electron chi connectivity index (χ4n) is 1.22. The van der Waals surface area contributed by atoms with E-state index in [1.165, 1.54) is 0 Å². The topological polar surface area (TPSA) is 135 Å². The van der Waals surface area contributed by atoms with Gasteiger partial charge < -0.3 is 9.47 Å². The molecule has 1 aromatic rings. The second kappa shape index (κ2) is 5.09. The molecule has 0 fully saturated rings. The largest absolute Gasteiger partial charge is 0.574 e. The van der Waals surface area contributed by atoms with Crippen LogP contribution in [0.4, 0.5) is 18.9 Å². The molecule has 112 valence electrons. The van der Waals surface area contributed by atoms with E-state index in [9.17, 15) is 31.7 Å². The van der Waals surface area contributed by atoms with Crippen LogP contribution >= 0.6 is 0 Å². The van der Waals surface area contributed by atoms with Gasteiger partial charge >= 0.3 is 17.9 Å². The summed E-state index contributed by atoms with van der Waals surface area (Å²) in [6.07, 6.45) is -4.80. The lowest BCUT2D eigenvalue weighted by Gasteiger charge is -2.11. The molecule has 0 spiro atoms. The third-order valence-corrected chi connectivity index (χ3v) is 2.80. The zero-order chi connectivity index (χ0) is 15.7. The second-order valence-corrected chi connectivity index (χ2v) is 4.66. The van der Waals surface area contributed by atoms with Gasteiger partial charge in [-0.2, -0.15) is 0 Å². The number of aromatic nitrogens is 1. The lowest BCUT2D eigenvalue weighted by Crippen LogP contribution is -2.21. The maximum Gasteiger partial charge on any atom is 0.574 e. The molecule has 0 bridgehead atoms. The van der Waals surface area contributed by atoms with Crippen LogP contribution in [0.25, 0.3) is 0 Å². The highest BCUT2D eigenvalue weighted by Crippen LogP contribution is 2.39. The first-order chi connectivity index (χ1) is 8.97. The Bertz CT molecular complexity index is 644. The minimum atomic E-state index is -5.30. The van der Waals surface area contributed by atoms with Gasteiger partial charge in [-0.1, -0.05) is 0 Å². The van der Waals surface area contributed by atoms with Crippen molar-refractivity contribution in [2.75, 3.05) is 7.11 Å². The van der Waals surface area contributed by atoms with Gasteiger partial charge in [-0.15, -0.1) is 13.2 Å². The van der Waals surface area contributed by atoms with Gasteiger partial charge in [-0.05, 0) is 0 Å². The Balaban J connectivity index is 3.70. The quantitative estimate of drug-likeness (QED) is 0.632. The number of halogens is 3. The molecule has 0 atom stereocenters. The predicted octanol–water partition coefficient (Wildman–Crippen LogP) is 0.544. The van der Waals surface area contributed by atoms with Crippen LogP contribution in [0.5, 0.6) is 11.6 Å². The number of nitrogens with two attached hydrogens (primary N) is 1. The molecular formula is C7H6F3N3O6S. The average molecular weight is 317 g/mol. The maximum absolute atomic E-state index is 12.1. The summed E-state index contributed by atoms with van der Waals surface area (Å²) in [7, 11) is -3.82. The Morgan fingerprint density at radius 1 is 1.45 bits per heavy atom. The molecule has 13 heteroatoms. The molecule has 0 aromatic carbocycles. The van der Waals surface area contributed by atoms with E-state index in [1.54, 1.807) is 0 Å². The molecule has 9 nitrogen and oxygen atoms in total. The number of alkyl halides is 3. The first kappa shape index (κ1) is 15.9. The van der Waals surface area contributed by atoms with E-state index in [0.717, 1.165) is 7.11 Å². The van der Waals surface area contributed by atoms with E-state index < -0.39 is 43.5 Å². The van der Waals surface area contributed by atoms with Crippen molar-refractivity contribution in [3.8, 4) is 11.6 Å². The Labute approximate surface area is 109 Å². The van der Waals surface area contributed by atoms with Crippen molar-refractivity contribution in [3.63, 3.8) is 0 Å². The summed E-state index contributed by atoms with van der Waals surface area (Å²) in [5.74, 6) is -2.25. The van der Waals surface area contributed by atoms with Crippen LogP contribution in [-0.2, 0) is 10.0 Å². The van der Waals surface area contributed by atoms with E-state index in [0.29, 0.717) is 6.20 Å². The van der Waals surface area contributed by atoms with Gasteiger partial charge in [0.05, 0.1) is 18.2 Å². The second-order valence-electron chi connectivity index (χ2n) is 3.16. The lowest BCUT2D eigenvalue weighted by molar-refractivity contribution is -0.392. The molecule has 0 aliphatic rings. The van der Waals surface area contributed by atoms with Crippen molar-refractivity contribution in [1.29, 1.82) is 0 Å². The van der Waals surface area contributed by atoms with Gasteiger partial charge in [0.1, 0.15) is 0 Å². The number of methoxy groups -OCH3 is 1. The van der Waals surface area contributed by atoms with Gasteiger partial charge in [0.15, 0.2) is 5.75 Å². The molecule has 1 heterocycles. The lowest BCUT2D eigenvalue weighted by atomic mass is 10.4. The van der Waals surface area contributed by atoms with E-state index in [1.807, 2.05) is 0 Å². The number of ether oxygens (including phenoxy) is 2. The summed E-state index contributed by atoms with van der Waals surface area (Å²) in [5, 5.41) is 15.5. The highest BCUT2D eigenvalue weighted by molar-refractivity contribution is 7.89. The number of rotatable bonds is 4. The molecule has 0 amide bonds. The molecule has 0 saturated carbocycles. The minimum Gasteiger partial charge on any atom is -0.493 e. The van der Waals surface area contributed by atoms with Gasteiger partial charge in [-0.25, -0.2) is 18.5 Å². The van der Waals surface area contributed by atoms with Crippen LogP contribution in [-0.4, -0.2) is 31.8 Å². The molecule has 0 aliphatic carbocycles. The van der Waals surface area contributed by atoms with Crippen molar-refractivity contribution in [1.82, 2.24) is 4.98 Å². The summed E-state index contributed by atoms with van der Waals surface area (Å²) in [6.45, 7) is 0. The van der Waals surface area contributed by atoms with Crippen molar-refractivity contribution in [2.24, 2.45) is 5.14 Å². The van der Waals surface area contributed by atoms with E-state index in [4.69, 9.17) is 5.14 Å². The molecule has 0 unspecified atom stereocenters. The van der Waals surface area contributed by atoms with Gasteiger partial charge in [0, 0.05) is 0 Å². The predicted molar refractivity (Wildman–Crippen MR) is 55.5 cm³/mol. The zero-order valence-corrected chi connectivity index (χ0v) is 10.4. The van der Waals surface area contributed by atoms with Crippen molar-refractivity contribution >= 4 is 15.7 Å². The van der Waals surface area contributed by atoms with Gasteiger partial charge in [-0.3, -0.25) is 10.1 Å². The summed E-state index contributed by atoms with van der Waals surface area (Å²) in [5.41, 5.74) is -1.57. The normalized spacial score (nSPS) is 12.1. The third kappa shape index (κ3) is 3.45. The van der Waals surface area contributed by atoms with Crippen LogP contribution in [0.1, 0.15) is 0 Å². The van der Waals surface area contributed by atoms with E-state index >= 15 is 0 Å². The molecule has 20 heavy (non-hydrogen) atoms. The third-order valence-electron chi connectivity index (χ3n) is 1.84. The molecule has 2 N–H and O–H groups in total. The average Bonchev–Trinajstić information content (AvgIpc) is 2.24. The highest BCUT2D eigenvalue weighted by atomic mass is 32.2. The van der Waals surface area contributed by atoms with Gasteiger partial charge in [0.2, 0.25) is 14.9 Å². The SMILES string of the molecule is COc1cnc(OC(F)(F)F)c([N+](=O)[O-])c1S(N)(=O)=O. The van der Waals surface area contributed by atoms with Crippen molar-refractivity contribution in [3.05, 3.63) is 16.3 Å². The smallest absolute Gasteiger partial charge is 0.493 e. The van der Waals surface area contributed by atoms with E-state index in [2.05, 4.69) is 14.5 Å². The number of hydrogen-bond donors (Lipinski definition) is 1. The minimum absolute atomic E-state index is 0.508. The molecule has 1 rings (SSSR count). The molecular weight excluding hydrogens is 311 g/mol. The van der Waals surface area contributed by atoms with Crippen molar-refractivity contribution in [2.45, 2.75) is 11.3 Å². The number of pyridine rings is 1. The molecule has 1 aromatic heterocycles. The van der Waals surface area contributed by atoms with Crippen LogP contribution in [0.3, 0.4) is 0 Å². The fourth-order valence-corrected chi connectivity index (χ4v) is 2.06. The van der Waals surface area contributed by atoms with Crippen LogP contribution in [0.2, 0.25) is 0 Å². The van der Waals surface area contributed by atoms with Crippen LogP contribution < -0.4 is 14.6 Å². The number of sulfonamides is 1. The number of hydrogen-bond acceptors (Lipinski definition) is 7. The van der Waals surface area contributed by atoms with Crippen LogP contribution in [0.15, 0.2) is 11.1 Å². The first-order valence-corrected chi connectivity index (χ1v) is 6.02. The highest BCUT2D eigenvalue weighted by Gasteiger charge is 2.40. The monoisotopic (exact) mass is 317 g/mol. The van der Waals surface area contributed by atoms with E-state index in [-0.39, 0.29) is 0 Å². The van der Waals surface area contributed by atoms with Gasteiger partial charge in [0.25, 0.3) is 0 Å². The Morgan fingerprint density at radius 2 is 2.00 bits per heavy atom. The number of primary sulfonamides is 1. The van der Waals surface area contributed by atoms with Crippen LogP contribution in [0, 0.1) is 10.1 Å². The Kier molecular flexibility index (Phi) is 4.04. The maximum atomic E-state index is 12.1. The number of nitro groups is 1. The summed E-state index contributed by atoms with van der Waals surface area (Å²) >= 11 is 0. The number of nitrogens with zero attached hydrogens (tertiary/aromatic N) is 2. The Morgan fingerprint density at radius 3 is 2.35 bits per heavy atom. The fraction of sp³-hybridized carbons (Fsp3) is 0.286. The molecule has 0 saturated heterocycles. The zero-order valence-electron chi connectivity index (χ0n) is 9.54.